The van der Waals surface area contributed by atoms with Gasteiger partial charge in [0.1, 0.15) is 5.82 Å². The maximum atomic E-state index is 4.20. The molecule has 56 valence electrons. The molecule has 4 heteroatoms. The Balaban J connectivity index is 2.90. The van der Waals surface area contributed by atoms with Crippen molar-refractivity contribution in [2.45, 2.75) is 13.8 Å². The Hall–Kier alpha value is -1.45. The number of aryl methyl sites for hydroxylation is 2. The molecule has 0 aliphatic carbocycles. The number of fused-ring (bicyclic) bond motifs is 1. The number of nitrogens with zero attached hydrogens (tertiary/aromatic N) is 4. The fourth-order valence-electron chi connectivity index (χ4n) is 1.01. The van der Waals surface area contributed by atoms with Crippen LogP contribution >= 0.6 is 0 Å². The van der Waals surface area contributed by atoms with E-state index in [2.05, 4.69) is 15.2 Å². The predicted octanol–water partition coefficient (Wildman–Crippen LogP) is 0.741. The first-order valence-electron chi connectivity index (χ1n) is 3.42. The van der Waals surface area contributed by atoms with Gasteiger partial charge in [-0.1, -0.05) is 0 Å². The molecule has 11 heavy (non-hydrogen) atoms. The zero-order chi connectivity index (χ0) is 7.84. The Kier molecular flexibility index (Phi) is 1.15. The van der Waals surface area contributed by atoms with Gasteiger partial charge in [-0.2, -0.15) is 5.10 Å². The second-order valence-electron chi connectivity index (χ2n) is 2.49. The van der Waals surface area contributed by atoms with Crippen molar-refractivity contribution in [2.24, 2.45) is 0 Å². The minimum Gasteiger partial charge on any atom is -0.210 e. The van der Waals surface area contributed by atoms with E-state index in [1.165, 1.54) is 0 Å². The number of hydrogen-bond donors (Lipinski definition) is 0. The molecule has 2 rings (SSSR count). The third-order valence-electron chi connectivity index (χ3n) is 1.55. The lowest BCUT2D eigenvalue weighted by Crippen LogP contribution is -1.93. The zero-order valence-electron chi connectivity index (χ0n) is 6.44. The monoisotopic (exact) mass is 148 g/mol. The van der Waals surface area contributed by atoms with Crippen molar-refractivity contribution < 1.29 is 0 Å². The topological polar surface area (TPSA) is 43.1 Å². The lowest BCUT2D eigenvalue weighted by Gasteiger charge is -1.90. The van der Waals surface area contributed by atoms with E-state index in [4.69, 9.17) is 0 Å². The molecule has 0 spiro atoms. The van der Waals surface area contributed by atoms with Gasteiger partial charge in [-0.3, -0.25) is 0 Å². The molecule has 0 fully saturated rings. The van der Waals surface area contributed by atoms with Crippen molar-refractivity contribution in [1.82, 2.24) is 19.8 Å². The van der Waals surface area contributed by atoms with Gasteiger partial charge in [-0.05, 0) is 25.5 Å². The molecule has 0 atom stereocenters. The van der Waals surface area contributed by atoms with Crippen LogP contribution in [-0.2, 0) is 0 Å². The molecule has 0 saturated carbocycles. The number of rotatable bonds is 0. The third-order valence-corrected chi connectivity index (χ3v) is 1.55. The first-order valence-corrected chi connectivity index (χ1v) is 3.42. The first-order chi connectivity index (χ1) is 5.27. The van der Waals surface area contributed by atoms with Crippen molar-refractivity contribution in [3.8, 4) is 0 Å². The highest BCUT2D eigenvalue weighted by atomic mass is 15.4. The van der Waals surface area contributed by atoms with Gasteiger partial charge < -0.3 is 0 Å². The van der Waals surface area contributed by atoms with E-state index in [0.29, 0.717) is 0 Å². The second kappa shape index (κ2) is 2.02. The average Bonchev–Trinajstić information content (AvgIpc) is 2.31. The Morgan fingerprint density at radius 2 is 2.18 bits per heavy atom. The zero-order valence-corrected chi connectivity index (χ0v) is 6.44. The summed E-state index contributed by atoms with van der Waals surface area (Å²) in [7, 11) is 0. The maximum Gasteiger partial charge on any atom is 0.179 e. The lowest BCUT2D eigenvalue weighted by atomic mass is 10.3. The summed E-state index contributed by atoms with van der Waals surface area (Å²) in [5.41, 5.74) is 1.94. The smallest absolute Gasteiger partial charge is 0.179 e. The van der Waals surface area contributed by atoms with Gasteiger partial charge in [0.15, 0.2) is 5.65 Å². The molecule has 0 aromatic carbocycles. The number of aromatic nitrogens is 4. The molecule has 0 saturated heterocycles. The van der Waals surface area contributed by atoms with Crippen LogP contribution in [0.2, 0.25) is 0 Å². The van der Waals surface area contributed by atoms with Crippen LogP contribution in [0.5, 0.6) is 0 Å². The first kappa shape index (κ1) is 6.27. The molecule has 0 radical (unpaired) electrons. The summed E-state index contributed by atoms with van der Waals surface area (Å²) >= 11 is 0. The van der Waals surface area contributed by atoms with Crippen molar-refractivity contribution in [1.29, 1.82) is 0 Å². The van der Waals surface area contributed by atoms with Crippen LogP contribution in [0.4, 0.5) is 0 Å². The summed E-state index contributed by atoms with van der Waals surface area (Å²) in [5, 5.41) is 8.07. The van der Waals surface area contributed by atoms with Gasteiger partial charge in [0, 0.05) is 0 Å². The molecule has 0 amide bonds. The van der Waals surface area contributed by atoms with E-state index < -0.39 is 0 Å². The van der Waals surface area contributed by atoms with E-state index in [9.17, 15) is 0 Å². The van der Waals surface area contributed by atoms with Gasteiger partial charge in [0.25, 0.3) is 0 Å². The van der Waals surface area contributed by atoms with Crippen LogP contribution in [0.25, 0.3) is 5.65 Å². The summed E-state index contributed by atoms with van der Waals surface area (Å²) in [6.45, 7) is 3.85. The van der Waals surface area contributed by atoms with Gasteiger partial charge in [0.05, 0.1) is 6.20 Å². The Labute approximate surface area is 63.9 Å². The summed E-state index contributed by atoms with van der Waals surface area (Å²) in [5.74, 6) is 0.756. The summed E-state index contributed by atoms with van der Waals surface area (Å²) in [6, 6.07) is 1.92. The van der Waals surface area contributed by atoms with Crippen LogP contribution in [0.1, 0.15) is 11.4 Å². The standard InChI is InChI=1S/C7H8N4/c1-5-3-4-8-11-7(5)9-6(2)10-11/h3-4H,1-2H3. The van der Waals surface area contributed by atoms with Crippen molar-refractivity contribution in [3.05, 3.63) is 23.7 Å². The largest absolute Gasteiger partial charge is 0.210 e. The van der Waals surface area contributed by atoms with E-state index in [-0.39, 0.29) is 0 Å². The van der Waals surface area contributed by atoms with Crippen LogP contribution in [0.3, 0.4) is 0 Å². The van der Waals surface area contributed by atoms with Crippen LogP contribution < -0.4 is 0 Å². The Bertz CT molecular complexity index is 390. The SMILES string of the molecule is Cc1nc2c(C)ccnn2n1. The molecular weight excluding hydrogens is 140 g/mol. The van der Waals surface area contributed by atoms with Gasteiger partial charge >= 0.3 is 0 Å². The highest BCUT2D eigenvalue weighted by Gasteiger charge is 2.00. The van der Waals surface area contributed by atoms with E-state index in [1.54, 1.807) is 10.8 Å². The molecule has 0 bridgehead atoms. The summed E-state index contributed by atoms with van der Waals surface area (Å²) in [4.78, 5) is 4.20. The lowest BCUT2D eigenvalue weighted by molar-refractivity contribution is 0.784. The Morgan fingerprint density at radius 3 is 2.91 bits per heavy atom. The molecule has 2 aromatic rings. The van der Waals surface area contributed by atoms with Gasteiger partial charge in [0.2, 0.25) is 0 Å². The van der Waals surface area contributed by atoms with Crippen LogP contribution in [-0.4, -0.2) is 19.8 Å². The summed E-state index contributed by atoms with van der Waals surface area (Å²) < 4.78 is 1.55. The number of hydrogen-bond acceptors (Lipinski definition) is 3. The molecule has 2 heterocycles. The molecule has 0 aliphatic rings. The minimum absolute atomic E-state index is 0.756. The second-order valence-corrected chi connectivity index (χ2v) is 2.49. The van der Waals surface area contributed by atoms with Gasteiger partial charge in [-0.15, -0.1) is 9.73 Å². The molecule has 2 aromatic heterocycles. The van der Waals surface area contributed by atoms with Crippen molar-refractivity contribution in [2.75, 3.05) is 0 Å². The van der Waals surface area contributed by atoms with Crippen LogP contribution in [0.15, 0.2) is 12.3 Å². The van der Waals surface area contributed by atoms with E-state index in [0.717, 1.165) is 17.0 Å². The molecule has 0 N–H and O–H groups in total. The van der Waals surface area contributed by atoms with E-state index in [1.807, 2.05) is 19.9 Å². The third kappa shape index (κ3) is 0.869. The average molecular weight is 148 g/mol. The maximum absolute atomic E-state index is 4.20. The predicted molar refractivity (Wildman–Crippen MR) is 40.3 cm³/mol. The van der Waals surface area contributed by atoms with E-state index >= 15 is 0 Å². The van der Waals surface area contributed by atoms with Crippen molar-refractivity contribution in [3.63, 3.8) is 0 Å². The summed E-state index contributed by atoms with van der Waals surface area (Å²) in [6.07, 6.45) is 1.72. The highest BCUT2D eigenvalue weighted by Crippen LogP contribution is 2.03. The fraction of sp³-hybridized carbons (Fsp3) is 0.286. The fourth-order valence-corrected chi connectivity index (χ4v) is 1.01. The molecular formula is C7H8N4. The molecule has 0 aliphatic heterocycles. The molecule has 4 nitrogen and oxygen atoms in total. The Morgan fingerprint density at radius 1 is 1.36 bits per heavy atom. The normalized spacial score (nSPS) is 10.7. The van der Waals surface area contributed by atoms with Gasteiger partial charge in [-0.25, -0.2) is 4.98 Å². The quantitative estimate of drug-likeness (QED) is 0.553. The minimum atomic E-state index is 0.756. The van der Waals surface area contributed by atoms with Crippen LogP contribution in [0, 0.1) is 13.8 Å². The van der Waals surface area contributed by atoms with Crippen molar-refractivity contribution >= 4 is 5.65 Å². The molecule has 0 unspecified atom stereocenters. The highest BCUT2D eigenvalue weighted by molar-refractivity contribution is 5.43.